The normalized spacial score (nSPS) is 30.1. The Labute approximate surface area is 230 Å². The maximum Gasteiger partial charge on any atom is 0.235 e. The first kappa shape index (κ1) is 30.1. The van der Waals surface area contributed by atoms with Crippen molar-refractivity contribution in [2.75, 3.05) is 11.8 Å². The molecule has 0 bridgehead atoms. The second kappa shape index (κ2) is 17.2. The van der Waals surface area contributed by atoms with Crippen molar-refractivity contribution < 1.29 is 9.59 Å². The lowest BCUT2D eigenvalue weighted by Gasteiger charge is -2.32. The number of carbonyl (C=O) groups excluding carboxylic acids is 2. The third-order valence-corrected chi connectivity index (χ3v) is 9.93. The molecule has 4 aliphatic carbocycles. The molecule has 4 rings (SSSR count). The van der Waals surface area contributed by atoms with Crippen molar-refractivity contribution in [2.24, 2.45) is 23.7 Å². The number of hydrogen-bond acceptors (Lipinski definition) is 2. The molecule has 0 spiro atoms. The van der Waals surface area contributed by atoms with Crippen LogP contribution in [0.5, 0.6) is 0 Å². The van der Waals surface area contributed by atoms with E-state index in [-0.39, 0.29) is 23.6 Å². The van der Waals surface area contributed by atoms with Crippen LogP contribution in [-0.4, -0.2) is 35.7 Å². The van der Waals surface area contributed by atoms with Gasteiger partial charge in [-0.15, -0.1) is 23.2 Å². The van der Waals surface area contributed by atoms with E-state index in [0.717, 1.165) is 49.4 Å². The van der Waals surface area contributed by atoms with Crippen molar-refractivity contribution in [2.45, 2.75) is 141 Å². The molecule has 0 aliphatic heterocycles. The largest absolute Gasteiger partial charge is 0.352 e. The van der Waals surface area contributed by atoms with Crippen LogP contribution in [-0.2, 0) is 9.59 Å². The summed E-state index contributed by atoms with van der Waals surface area (Å²) < 4.78 is 0. The van der Waals surface area contributed by atoms with Crippen LogP contribution < -0.4 is 10.6 Å². The van der Waals surface area contributed by atoms with E-state index < -0.39 is 0 Å². The van der Waals surface area contributed by atoms with E-state index in [9.17, 15) is 9.59 Å². The molecule has 0 atom stereocenters. The van der Waals surface area contributed by atoms with Gasteiger partial charge in [-0.05, 0) is 87.9 Å². The smallest absolute Gasteiger partial charge is 0.235 e. The van der Waals surface area contributed by atoms with Gasteiger partial charge in [-0.2, -0.15) is 0 Å². The second-order valence-electron chi connectivity index (χ2n) is 12.3. The molecular weight excluding hydrogens is 491 g/mol. The summed E-state index contributed by atoms with van der Waals surface area (Å²) in [5, 5.41) is 6.04. The van der Waals surface area contributed by atoms with E-state index in [0.29, 0.717) is 12.1 Å². The summed E-state index contributed by atoms with van der Waals surface area (Å²) in [4.78, 5) is 22.5. The van der Waals surface area contributed by atoms with Gasteiger partial charge < -0.3 is 10.6 Å². The van der Waals surface area contributed by atoms with Gasteiger partial charge in [-0.1, -0.05) is 64.2 Å². The lowest BCUT2D eigenvalue weighted by atomic mass is 9.76. The molecule has 0 heterocycles. The summed E-state index contributed by atoms with van der Waals surface area (Å²) >= 11 is 11.0. The minimum atomic E-state index is -0.00704. The minimum absolute atomic E-state index is 0.00704. The van der Waals surface area contributed by atoms with Crippen LogP contribution in [0.1, 0.15) is 128 Å². The average Bonchev–Trinajstić information content (AvgIpc) is 2.92. The standard InChI is InChI=1S/2C15H26ClNO/c2*16-11-15(18)17-14-8-6-13(7-9-14)10-12-4-2-1-3-5-12/h2*12-14H,1-11H2,(H,17,18). The molecule has 4 nitrogen and oxygen atoms in total. The molecule has 0 unspecified atom stereocenters. The van der Waals surface area contributed by atoms with Gasteiger partial charge in [0.2, 0.25) is 11.8 Å². The fourth-order valence-electron chi connectivity index (χ4n) is 7.41. The van der Waals surface area contributed by atoms with Crippen molar-refractivity contribution in [3.63, 3.8) is 0 Å². The number of nitrogens with one attached hydrogen (secondary N) is 2. The van der Waals surface area contributed by atoms with E-state index in [4.69, 9.17) is 23.2 Å². The zero-order chi connectivity index (χ0) is 25.6. The predicted molar refractivity (Wildman–Crippen MR) is 152 cm³/mol. The van der Waals surface area contributed by atoms with Crippen LogP contribution in [0.2, 0.25) is 0 Å². The zero-order valence-electron chi connectivity index (χ0n) is 22.6. The zero-order valence-corrected chi connectivity index (χ0v) is 24.1. The highest BCUT2D eigenvalue weighted by Crippen LogP contribution is 2.36. The highest BCUT2D eigenvalue weighted by molar-refractivity contribution is 6.27. The van der Waals surface area contributed by atoms with Crippen LogP contribution >= 0.6 is 23.2 Å². The van der Waals surface area contributed by atoms with E-state index in [1.54, 1.807) is 0 Å². The molecule has 6 heteroatoms. The molecule has 0 aromatic carbocycles. The van der Waals surface area contributed by atoms with Gasteiger partial charge in [0.1, 0.15) is 11.8 Å². The first-order chi connectivity index (χ1) is 17.6. The van der Waals surface area contributed by atoms with E-state index in [1.165, 1.54) is 103 Å². The topological polar surface area (TPSA) is 58.2 Å². The van der Waals surface area contributed by atoms with Gasteiger partial charge in [-0.3, -0.25) is 9.59 Å². The summed E-state index contributed by atoms with van der Waals surface area (Å²) in [6, 6.07) is 0.776. The Bertz CT molecular complexity index is 564. The molecule has 0 radical (unpaired) electrons. The molecule has 4 aliphatic rings. The Morgan fingerprint density at radius 3 is 1.08 bits per heavy atom. The lowest BCUT2D eigenvalue weighted by molar-refractivity contribution is -0.120. The maximum absolute atomic E-state index is 11.2. The summed E-state index contributed by atoms with van der Waals surface area (Å²) in [6.07, 6.45) is 27.2. The van der Waals surface area contributed by atoms with Crippen molar-refractivity contribution in [3.05, 3.63) is 0 Å². The van der Waals surface area contributed by atoms with Gasteiger partial charge in [0, 0.05) is 12.1 Å². The molecular formula is C30H52Cl2N2O2. The maximum atomic E-state index is 11.2. The van der Waals surface area contributed by atoms with Crippen LogP contribution in [0.15, 0.2) is 0 Å². The van der Waals surface area contributed by atoms with E-state index in [2.05, 4.69) is 10.6 Å². The SMILES string of the molecule is O=C(CCl)NC1CCC(CC2CCCCC2)CC1.O=C(CCl)NC1CCC(CC2CCCCC2)CC1. The number of halogens is 2. The van der Waals surface area contributed by atoms with Crippen molar-refractivity contribution in [1.82, 2.24) is 10.6 Å². The summed E-state index contributed by atoms with van der Waals surface area (Å²) in [5.41, 5.74) is 0. The molecule has 2 N–H and O–H groups in total. The summed E-state index contributed by atoms with van der Waals surface area (Å²) in [7, 11) is 0. The summed E-state index contributed by atoms with van der Waals surface area (Å²) in [6.45, 7) is 0. The quantitative estimate of drug-likeness (QED) is 0.308. The molecule has 36 heavy (non-hydrogen) atoms. The van der Waals surface area contributed by atoms with Crippen molar-refractivity contribution in [3.8, 4) is 0 Å². The summed E-state index contributed by atoms with van der Waals surface area (Å²) in [5.74, 6) is 4.01. The van der Waals surface area contributed by atoms with Crippen LogP contribution in [0.25, 0.3) is 0 Å². The van der Waals surface area contributed by atoms with E-state index in [1.807, 2.05) is 0 Å². The second-order valence-corrected chi connectivity index (χ2v) is 12.9. The lowest BCUT2D eigenvalue weighted by Crippen LogP contribution is -2.38. The van der Waals surface area contributed by atoms with Gasteiger partial charge in [0.15, 0.2) is 0 Å². The van der Waals surface area contributed by atoms with Crippen molar-refractivity contribution >= 4 is 35.0 Å². The Hall–Kier alpha value is -0.480. The third kappa shape index (κ3) is 11.5. The molecule has 4 fully saturated rings. The Morgan fingerprint density at radius 1 is 0.472 bits per heavy atom. The average molecular weight is 544 g/mol. The van der Waals surface area contributed by atoms with Gasteiger partial charge in [-0.25, -0.2) is 0 Å². The van der Waals surface area contributed by atoms with Gasteiger partial charge in [0.25, 0.3) is 0 Å². The number of amides is 2. The first-order valence-electron chi connectivity index (χ1n) is 15.3. The van der Waals surface area contributed by atoms with Crippen molar-refractivity contribution in [1.29, 1.82) is 0 Å². The first-order valence-corrected chi connectivity index (χ1v) is 16.3. The number of carbonyl (C=O) groups is 2. The van der Waals surface area contributed by atoms with Crippen LogP contribution in [0.3, 0.4) is 0 Å². The molecule has 0 aromatic rings. The number of hydrogen-bond donors (Lipinski definition) is 2. The molecule has 208 valence electrons. The molecule has 0 aromatic heterocycles. The van der Waals surface area contributed by atoms with E-state index >= 15 is 0 Å². The molecule has 0 saturated heterocycles. The monoisotopic (exact) mass is 542 g/mol. The van der Waals surface area contributed by atoms with Gasteiger partial charge >= 0.3 is 0 Å². The molecule has 4 saturated carbocycles. The Morgan fingerprint density at radius 2 is 0.778 bits per heavy atom. The number of rotatable bonds is 8. The highest BCUT2D eigenvalue weighted by atomic mass is 35.5. The van der Waals surface area contributed by atoms with Gasteiger partial charge in [0.05, 0.1) is 0 Å². The predicted octanol–water partition coefficient (Wildman–Crippen LogP) is 7.74. The van der Waals surface area contributed by atoms with Crippen LogP contribution in [0.4, 0.5) is 0 Å². The fraction of sp³-hybridized carbons (Fsp3) is 0.933. The highest BCUT2D eigenvalue weighted by Gasteiger charge is 2.26. The Kier molecular flexibility index (Phi) is 14.3. The Balaban J connectivity index is 0.000000201. The number of alkyl halides is 2. The fourth-order valence-corrected chi connectivity index (χ4v) is 7.56. The minimum Gasteiger partial charge on any atom is -0.352 e. The third-order valence-electron chi connectivity index (χ3n) is 9.45. The van der Waals surface area contributed by atoms with Crippen LogP contribution in [0, 0.1) is 23.7 Å². The molecule has 2 amide bonds.